The van der Waals surface area contributed by atoms with Gasteiger partial charge in [0.2, 0.25) is 0 Å². The second-order valence-electron chi connectivity index (χ2n) is 5.60. The molecule has 7 nitrogen and oxygen atoms in total. The third kappa shape index (κ3) is 4.15. The minimum Gasteiger partial charge on any atom is -0.273 e. The minimum atomic E-state index is -3.98. The van der Waals surface area contributed by atoms with Crippen LogP contribution in [0.5, 0.6) is 0 Å². The first kappa shape index (κ1) is 18.6. The molecule has 2 N–H and O–H groups in total. The molecule has 1 aromatic heterocycles. The van der Waals surface area contributed by atoms with Crippen molar-refractivity contribution >= 4 is 15.9 Å². The van der Waals surface area contributed by atoms with Crippen molar-refractivity contribution in [1.29, 1.82) is 0 Å². The maximum Gasteiger partial charge on any atom is 0.269 e. The summed E-state index contributed by atoms with van der Waals surface area (Å²) in [7, 11) is -3.98. The summed E-state index contributed by atoms with van der Waals surface area (Å²) in [6, 6.07) is 11.9. The summed E-state index contributed by atoms with van der Waals surface area (Å²) in [5.41, 5.74) is 2.34. The van der Waals surface area contributed by atoms with Crippen LogP contribution in [-0.4, -0.2) is 24.3 Å². The summed E-state index contributed by atoms with van der Waals surface area (Å²) in [5, 5.41) is 0. The largest absolute Gasteiger partial charge is 0.273 e. The highest BCUT2D eigenvalue weighted by Crippen LogP contribution is 2.22. The topological polar surface area (TPSA) is 101 Å². The molecule has 0 aliphatic heterocycles. The van der Waals surface area contributed by atoms with E-state index >= 15 is 0 Å². The fourth-order valence-electron chi connectivity index (χ4n) is 2.35. The van der Waals surface area contributed by atoms with Gasteiger partial charge in [-0.05, 0) is 42.8 Å². The van der Waals surface area contributed by atoms with Gasteiger partial charge in [0.25, 0.3) is 15.9 Å². The van der Waals surface area contributed by atoms with Crippen LogP contribution < -0.4 is 10.3 Å². The van der Waals surface area contributed by atoms with Crippen LogP contribution >= 0.6 is 0 Å². The van der Waals surface area contributed by atoms with Gasteiger partial charge in [0.1, 0.15) is 5.82 Å². The summed E-state index contributed by atoms with van der Waals surface area (Å²) in [4.78, 5) is 22.4. The second kappa shape index (κ2) is 7.60. The molecule has 3 aromatic rings. The van der Waals surface area contributed by atoms with Gasteiger partial charge in [-0.25, -0.2) is 22.8 Å². The number of carbonyl (C=O) groups is 1. The molecule has 0 spiro atoms. The van der Waals surface area contributed by atoms with Crippen LogP contribution in [0.3, 0.4) is 0 Å². The van der Waals surface area contributed by atoms with Crippen molar-refractivity contribution in [3.8, 4) is 11.4 Å². The van der Waals surface area contributed by atoms with Gasteiger partial charge in [0.05, 0.1) is 10.5 Å². The lowest BCUT2D eigenvalue weighted by Crippen LogP contribution is -2.41. The molecule has 2 aromatic carbocycles. The summed E-state index contributed by atoms with van der Waals surface area (Å²) in [6.07, 6.45) is 3.05. The van der Waals surface area contributed by atoms with E-state index in [1.165, 1.54) is 43.6 Å². The van der Waals surface area contributed by atoms with E-state index < -0.39 is 21.7 Å². The van der Waals surface area contributed by atoms with E-state index in [-0.39, 0.29) is 16.0 Å². The van der Waals surface area contributed by atoms with E-state index in [2.05, 4.69) is 9.97 Å². The maximum absolute atomic E-state index is 14.4. The smallest absolute Gasteiger partial charge is 0.269 e. The van der Waals surface area contributed by atoms with Crippen LogP contribution in [0.15, 0.2) is 65.8 Å². The number of hydrazine groups is 1. The number of aryl methyl sites for hydroxylation is 1. The SMILES string of the molecule is Cc1cc(-c2ncccn2)cc(C(=O)NNS(=O)(=O)c2ccccc2)c1F. The quantitative estimate of drug-likeness (QED) is 0.655. The van der Waals surface area contributed by atoms with Crippen LogP contribution in [0, 0.1) is 12.7 Å². The van der Waals surface area contributed by atoms with Gasteiger partial charge in [0.15, 0.2) is 5.82 Å². The number of carbonyl (C=O) groups excluding carboxylic acids is 1. The molecule has 1 heterocycles. The molecule has 0 saturated carbocycles. The number of halogens is 1. The predicted octanol–water partition coefficient (Wildman–Crippen LogP) is 2.21. The van der Waals surface area contributed by atoms with Gasteiger partial charge < -0.3 is 0 Å². The Hall–Kier alpha value is -3.17. The van der Waals surface area contributed by atoms with Crippen molar-refractivity contribution < 1.29 is 17.6 Å². The average molecular weight is 386 g/mol. The molecule has 0 bridgehead atoms. The average Bonchev–Trinajstić information content (AvgIpc) is 2.69. The van der Waals surface area contributed by atoms with Crippen molar-refractivity contribution in [2.75, 3.05) is 0 Å². The maximum atomic E-state index is 14.4. The Morgan fingerprint density at radius 3 is 2.37 bits per heavy atom. The highest BCUT2D eigenvalue weighted by molar-refractivity contribution is 7.89. The van der Waals surface area contributed by atoms with Crippen molar-refractivity contribution in [3.05, 3.63) is 77.9 Å². The Morgan fingerprint density at radius 2 is 1.70 bits per heavy atom. The number of amides is 1. The fourth-order valence-corrected chi connectivity index (χ4v) is 3.21. The first-order chi connectivity index (χ1) is 12.9. The third-order valence-electron chi connectivity index (χ3n) is 3.68. The van der Waals surface area contributed by atoms with Crippen LogP contribution in [0.25, 0.3) is 11.4 Å². The summed E-state index contributed by atoms with van der Waals surface area (Å²) in [5.74, 6) is -1.38. The van der Waals surface area contributed by atoms with Gasteiger partial charge in [0, 0.05) is 18.0 Å². The number of nitrogens with zero attached hydrogens (tertiary/aromatic N) is 2. The fraction of sp³-hybridized carbons (Fsp3) is 0.0556. The monoisotopic (exact) mass is 386 g/mol. The highest BCUT2D eigenvalue weighted by atomic mass is 32.2. The van der Waals surface area contributed by atoms with Gasteiger partial charge in [-0.3, -0.25) is 10.2 Å². The van der Waals surface area contributed by atoms with Crippen molar-refractivity contribution in [1.82, 2.24) is 20.2 Å². The highest BCUT2D eigenvalue weighted by Gasteiger charge is 2.19. The van der Waals surface area contributed by atoms with Crippen molar-refractivity contribution in [2.24, 2.45) is 0 Å². The van der Waals surface area contributed by atoms with Crippen LogP contribution in [-0.2, 0) is 10.0 Å². The van der Waals surface area contributed by atoms with Crippen molar-refractivity contribution in [2.45, 2.75) is 11.8 Å². The molecule has 0 atom stereocenters. The van der Waals surface area contributed by atoms with Gasteiger partial charge in [-0.1, -0.05) is 18.2 Å². The second-order valence-corrected chi connectivity index (χ2v) is 7.28. The molecular weight excluding hydrogens is 371 g/mol. The van der Waals surface area contributed by atoms with E-state index in [1.54, 1.807) is 24.3 Å². The molecule has 0 fully saturated rings. The first-order valence-corrected chi connectivity index (χ1v) is 9.31. The van der Waals surface area contributed by atoms with Crippen LogP contribution in [0.2, 0.25) is 0 Å². The zero-order valence-corrected chi connectivity index (χ0v) is 15.0. The Kier molecular flexibility index (Phi) is 5.24. The number of hydrogen-bond acceptors (Lipinski definition) is 5. The molecule has 0 radical (unpaired) electrons. The van der Waals surface area contributed by atoms with E-state index in [0.29, 0.717) is 11.4 Å². The lowest BCUT2D eigenvalue weighted by molar-refractivity contribution is 0.0941. The Morgan fingerprint density at radius 1 is 1.04 bits per heavy atom. The minimum absolute atomic E-state index is 0.0339. The number of sulfonamides is 1. The van der Waals surface area contributed by atoms with Crippen LogP contribution in [0.4, 0.5) is 4.39 Å². The van der Waals surface area contributed by atoms with E-state index in [4.69, 9.17) is 0 Å². The summed E-state index contributed by atoms with van der Waals surface area (Å²) < 4.78 is 38.7. The third-order valence-corrected chi connectivity index (χ3v) is 4.94. The van der Waals surface area contributed by atoms with Gasteiger partial charge in [-0.2, -0.15) is 0 Å². The molecule has 9 heteroatoms. The zero-order chi connectivity index (χ0) is 19.4. The number of hydrogen-bond donors (Lipinski definition) is 2. The Balaban J connectivity index is 1.86. The summed E-state index contributed by atoms with van der Waals surface area (Å²) in [6.45, 7) is 1.49. The normalized spacial score (nSPS) is 11.2. The van der Waals surface area contributed by atoms with Gasteiger partial charge >= 0.3 is 0 Å². The number of benzene rings is 2. The zero-order valence-electron chi connectivity index (χ0n) is 14.2. The lowest BCUT2D eigenvalue weighted by atomic mass is 10.0. The molecule has 3 rings (SSSR count). The molecule has 0 unspecified atom stereocenters. The van der Waals surface area contributed by atoms with E-state index in [0.717, 1.165) is 0 Å². The Bertz CT molecular complexity index is 1070. The lowest BCUT2D eigenvalue weighted by Gasteiger charge is -2.11. The molecule has 0 aliphatic rings. The molecule has 0 aliphatic carbocycles. The number of aromatic nitrogens is 2. The molecule has 0 saturated heterocycles. The number of nitrogens with one attached hydrogen (secondary N) is 2. The van der Waals surface area contributed by atoms with E-state index in [1.807, 2.05) is 10.3 Å². The molecular formula is C18H15FN4O3S. The standard InChI is InChI=1S/C18H15FN4O3S/c1-12-10-13(17-20-8-5-9-21-17)11-15(16(12)19)18(24)22-23-27(25,26)14-6-3-2-4-7-14/h2-11,23H,1H3,(H,22,24). The van der Waals surface area contributed by atoms with Crippen molar-refractivity contribution in [3.63, 3.8) is 0 Å². The number of rotatable bonds is 5. The van der Waals surface area contributed by atoms with E-state index in [9.17, 15) is 17.6 Å². The molecule has 138 valence electrons. The Labute approximate surface area is 155 Å². The summed E-state index contributed by atoms with van der Waals surface area (Å²) >= 11 is 0. The molecule has 27 heavy (non-hydrogen) atoms. The molecule has 1 amide bonds. The van der Waals surface area contributed by atoms with Crippen LogP contribution in [0.1, 0.15) is 15.9 Å². The predicted molar refractivity (Wildman–Crippen MR) is 96.4 cm³/mol. The van der Waals surface area contributed by atoms with Gasteiger partial charge in [-0.15, -0.1) is 4.83 Å². The first-order valence-electron chi connectivity index (χ1n) is 7.83.